The maximum Gasteiger partial charge on any atom is 0.315 e. The van der Waals surface area contributed by atoms with Crippen LogP contribution in [-0.2, 0) is 14.3 Å². The molecule has 0 radical (unpaired) electrons. The van der Waals surface area contributed by atoms with E-state index in [1.165, 1.54) is 25.3 Å². The molecule has 1 N–H and O–H groups in total. The molecule has 0 spiro atoms. The summed E-state index contributed by atoms with van der Waals surface area (Å²) in [6.07, 6.45) is -0.432. The van der Waals surface area contributed by atoms with E-state index < -0.39 is 23.2 Å². The summed E-state index contributed by atoms with van der Waals surface area (Å²) in [6.45, 7) is 1.69. The molecular formula is C11H12N2O5. The maximum atomic E-state index is 11.4. The quantitative estimate of drug-likeness (QED) is 0.378. The largest absolute Gasteiger partial charge is 0.469 e. The van der Waals surface area contributed by atoms with Gasteiger partial charge in [0, 0.05) is 12.1 Å². The van der Waals surface area contributed by atoms with Gasteiger partial charge >= 0.3 is 5.97 Å². The molecule has 96 valence electrons. The van der Waals surface area contributed by atoms with E-state index in [2.05, 4.69) is 10.1 Å². The number of nitrogens with zero attached hydrogens (tertiary/aromatic N) is 1. The lowest BCUT2D eigenvalue weighted by atomic mass is 10.2. The molecule has 1 aromatic rings. The van der Waals surface area contributed by atoms with Crippen molar-refractivity contribution in [2.45, 2.75) is 13.3 Å². The van der Waals surface area contributed by atoms with E-state index in [1.807, 2.05) is 0 Å². The Labute approximate surface area is 103 Å². The van der Waals surface area contributed by atoms with E-state index in [-0.39, 0.29) is 5.69 Å². The van der Waals surface area contributed by atoms with Crippen LogP contribution in [0.1, 0.15) is 12.0 Å². The number of carbonyl (C=O) groups excluding carboxylic acids is 2. The minimum Gasteiger partial charge on any atom is -0.469 e. The highest BCUT2D eigenvalue weighted by atomic mass is 16.6. The highest BCUT2D eigenvalue weighted by molar-refractivity contribution is 6.02. The molecule has 0 saturated heterocycles. The van der Waals surface area contributed by atoms with Crippen LogP contribution in [0.3, 0.4) is 0 Å². The molecule has 0 aliphatic carbocycles. The number of ether oxygens (including phenoxy) is 1. The number of carbonyl (C=O) groups is 2. The zero-order chi connectivity index (χ0) is 13.7. The Morgan fingerprint density at radius 3 is 2.67 bits per heavy atom. The third-order valence-electron chi connectivity index (χ3n) is 2.24. The molecular weight excluding hydrogens is 240 g/mol. The summed E-state index contributed by atoms with van der Waals surface area (Å²) in [5.41, 5.74) is 0.839. The Hall–Kier alpha value is -2.44. The SMILES string of the molecule is COC(=O)CC(=O)Nc1cc([N+](=O)[O-])ccc1C. The summed E-state index contributed by atoms with van der Waals surface area (Å²) in [7, 11) is 1.17. The predicted octanol–water partition coefficient (Wildman–Crippen LogP) is 1.40. The van der Waals surface area contributed by atoms with Crippen LogP contribution in [-0.4, -0.2) is 23.9 Å². The summed E-state index contributed by atoms with van der Waals surface area (Å²) in [6, 6.07) is 4.10. The molecule has 0 aromatic heterocycles. The van der Waals surface area contributed by atoms with E-state index in [4.69, 9.17) is 0 Å². The maximum absolute atomic E-state index is 11.4. The van der Waals surface area contributed by atoms with Crippen molar-refractivity contribution in [1.29, 1.82) is 0 Å². The van der Waals surface area contributed by atoms with Crippen molar-refractivity contribution in [2.24, 2.45) is 0 Å². The normalized spacial score (nSPS) is 9.67. The molecule has 0 atom stereocenters. The van der Waals surface area contributed by atoms with Crippen LogP contribution in [0.2, 0.25) is 0 Å². The summed E-state index contributed by atoms with van der Waals surface area (Å²) in [5, 5.41) is 13.0. The summed E-state index contributed by atoms with van der Waals surface area (Å²) in [4.78, 5) is 32.3. The van der Waals surface area contributed by atoms with Crippen LogP contribution < -0.4 is 5.32 Å². The van der Waals surface area contributed by atoms with E-state index >= 15 is 0 Å². The Morgan fingerprint density at radius 2 is 2.11 bits per heavy atom. The van der Waals surface area contributed by atoms with Gasteiger partial charge in [-0.2, -0.15) is 0 Å². The van der Waals surface area contributed by atoms with Gasteiger partial charge in [0.25, 0.3) is 5.69 Å². The van der Waals surface area contributed by atoms with Gasteiger partial charge in [-0.25, -0.2) is 0 Å². The average Bonchev–Trinajstić information content (AvgIpc) is 2.31. The smallest absolute Gasteiger partial charge is 0.315 e. The lowest BCUT2D eigenvalue weighted by Gasteiger charge is -2.07. The van der Waals surface area contributed by atoms with Crippen LogP contribution in [0.4, 0.5) is 11.4 Å². The zero-order valence-electron chi connectivity index (χ0n) is 9.93. The van der Waals surface area contributed by atoms with Crippen LogP contribution in [0, 0.1) is 17.0 Å². The van der Waals surface area contributed by atoms with Crippen LogP contribution in [0.25, 0.3) is 0 Å². The molecule has 18 heavy (non-hydrogen) atoms. The number of nitro benzene ring substituents is 1. The second-order valence-corrected chi connectivity index (χ2v) is 3.56. The van der Waals surface area contributed by atoms with Gasteiger partial charge in [-0.15, -0.1) is 0 Å². The van der Waals surface area contributed by atoms with Crippen molar-refractivity contribution < 1.29 is 19.2 Å². The summed E-state index contributed by atoms with van der Waals surface area (Å²) < 4.78 is 4.34. The number of benzene rings is 1. The number of aryl methyl sites for hydroxylation is 1. The average molecular weight is 252 g/mol. The number of nitro groups is 1. The van der Waals surface area contributed by atoms with Gasteiger partial charge in [0.15, 0.2) is 0 Å². The van der Waals surface area contributed by atoms with Gasteiger partial charge < -0.3 is 10.1 Å². The molecule has 7 heteroatoms. The second kappa shape index (κ2) is 5.76. The highest BCUT2D eigenvalue weighted by Crippen LogP contribution is 2.21. The van der Waals surface area contributed by atoms with Gasteiger partial charge in [-0.1, -0.05) is 6.07 Å². The molecule has 0 heterocycles. The van der Waals surface area contributed by atoms with Gasteiger partial charge in [0.1, 0.15) is 6.42 Å². The first-order chi connectivity index (χ1) is 8.43. The molecule has 0 saturated carbocycles. The minimum absolute atomic E-state index is 0.131. The van der Waals surface area contributed by atoms with Crippen LogP contribution >= 0.6 is 0 Å². The first-order valence-electron chi connectivity index (χ1n) is 5.05. The van der Waals surface area contributed by atoms with Gasteiger partial charge in [-0.3, -0.25) is 19.7 Å². The summed E-state index contributed by atoms with van der Waals surface area (Å²) in [5.74, 6) is -1.25. The highest BCUT2D eigenvalue weighted by Gasteiger charge is 2.13. The lowest BCUT2D eigenvalue weighted by Crippen LogP contribution is -2.17. The van der Waals surface area contributed by atoms with E-state index in [0.29, 0.717) is 11.3 Å². The fraction of sp³-hybridized carbons (Fsp3) is 0.273. The standard InChI is InChI=1S/C11H12N2O5/c1-7-3-4-8(13(16)17)5-9(7)12-10(14)6-11(15)18-2/h3-5H,6H2,1-2H3,(H,12,14). The fourth-order valence-corrected chi connectivity index (χ4v) is 1.26. The van der Waals surface area contributed by atoms with E-state index in [9.17, 15) is 19.7 Å². The molecule has 7 nitrogen and oxygen atoms in total. The summed E-state index contributed by atoms with van der Waals surface area (Å²) >= 11 is 0. The zero-order valence-corrected chi connectivity index (χ0v) is 9.93. The Kier molecular flexibility index (Phi) is 4.36. The monoisotopic (exact) mass is 252 g/mol. The number of methoxy groups -OCH3 is 1. The Balaban J connectivity index is 2.83. The number of hydrogen-bond acceptors (Lipinski definition) is 5. The molecule has 0 aliphatic rings. The van der Waals surface area contributed by atoms with Crippen molar-refractivity contribution in [1.82, 2.24) is 0 Å². The first kappa shape index (κ1) is 13.6. The number of esters is 1. The van der Waals surface area contributed by atoms with Gasteiger partial charge in [0.2, 0.25) is 5.91 Å². The Morgan fingerprint density at radius 1 is 1.44 bits per heavy atom. The third-order valence-corrected chi connectivity index (χ3v) is 2.24. The molecule has 1 amide bonds. The van der Waals surface area contributed by atoms with Crippen LogP contribution in [0.5, 0.6) is 0 Å². The molecule has 1 rings (SSSR count). The molecule has 0 bridgehead atoms. The van der Waals surface area contributed by atoms with Gasteiger partial charge in [0.05, 0.1) is 17.7 Å². The lowest BCUT2D eigenvalue weighted by molar-refractivity contribution is -0.384. The van der Waals surface area contributed by atoms with E-state index in [0.717, 1.165) is 0 Å². The second-order valence-electron chi connectivity index (χ2n) is 3.56. The fourth-order valence-electron chi connectivity index (χ4n) is 1.26. The number of hydrogen-bond donors (Lipinski definition) is 1. The number of nitrogens with one attached hydrogen (secondary N) is 1. The molecule has 1 aromatic carbocycles. The minimum atomic E-state index is -0.671. The first-order valence-corrected chi connectivity index (χ1v) is 5.05. The number of anilines is 1. The van der Waals surface area contributed by atoms with Crippen molar-refractivity contribution in [3.63, 3.8) is 0 Å². The van der Waals surface area contributed by atoms with Crippen LogP contribution in [0.15, 0.2) is 18.2 Å². The Bertz CT molecular complexity index is 498. The topological polar surface area (TPSA) is 98.5 Å². The van der Waals surface area contributed by atoms with Crippen molar-refractivity contribution >= 4 is 23.3 Å². The molecule has 0 fully saturated rings. The number of rotatable bonds is 4. The number of non-ortho nitro benzene ring substituents is 1. The predicted molar refractivity (Wildman–Crippen MR) is 63.1 cm³/mol. The third kappa shape index (κ3) is 3.55. The van der Waals surface area contributed by atoms with Crippen molar-refractivity contribution in [3.05, 3.63) is 33.9 Å². The number of amides is 1. The van der Waals surface area contributed by atoms with Crippen molar-refractivity contribution in [3.8, 4) is 0 Å². The molecule has 0 unspecified atom stereocenters. The van der Waals surface area contributed by atoms with Gasteiger partial charge in [-0.05, 0) is 12.5 Å². The molecule has 0 aliphatic heterocycles. The van der Waals surface area contributed by atoms with E-state index in [1.54, 1.807) is 6.92 Å². The van der Waals surface area contributed by atoms with Crippen molar-refractivity contribution in [2.75, 3.05) is 12.4 Å².